The molecule has 0 aliphatic rings. The third-order valence-electron chi connectivity index (χ3n) is 2.23. The van der Waals surface area contributed by atoms with Crippen LogP contribution < -0.4 is 0 Å². The Balaban J connectivity index is 4.01. The van der Waals surface area contributed by atoms with Crippen LogP contribution in [0.5, 0.6) is 0 Å². The molecule has 0 heterocycles. The maximum atomic E-state index is 6.11. The molecule has 0 atom stereocenters. The molecule has 9 heavy (non-hydrogen) atoms. The second-order valence-electron chi connectivity index (χ2n) is 3.41. The van der Waals surface area contributed by atoms with Gasteiger partial charge in [0.1, 0.15) is 0 Å². The molecule has 0 unspecified atom stereocenters. The van der Waals surface area contributed by atoms with E-state index in [0.29, 0.717) is 11.3 Å². The molecule has 0 spiro atoms. The van der Waals surface area contributed by atoms with E-state index in [1.807, 2.05) is 0 Å². The Morgan fingerprint density at radius 1 is 1.00 bits per heavy atom. The van der Waals surface area contributed by atoms with Gasteiger partial charge >= 0.3 is 7.57 Å². The summed E-state index contributed by atoms with van der Waals surface area (Å²) in [5.74, 6) is 0. The highest BCUT2D eigenvalue weighted by Gasteiger charge is 2.32. The fourth-order valence-corrected chi connectivity index (χ4v) is 1.79. The molecule has 0 aromatic heterocycles. The molecular formula is C7H17BP+. The average molecular weight is 143 g/mol. The largest absolute Gasteiger partial charge is 0.365 e. The fraction of sp³-hybridized carbons (Fsp3) is 1.00. The molecule has 0 bridgehead atoms. The van der Waals surface area contributed by atoms with E-state index in [0.717, 1.165) is 0 Å². The molecule has 2 radical (unpaired) electrons. The van der Waals surface area contributed by atoms with Gasteiger partial charge in [0.05, 0.1) is 0 Å². The van der Waals surface area contributed by atoms with E-state index in [1.165, 1.54) is 0 Å². The Labute approximate surface area is 61.1 Å². The highest BCUT2D eigenvalue weighted by atomic mass is 31.2. The van der Waals surface area contributed by atoms with E-state index in [2.05, 4.69) is 34.4 Å². The second kappa shape index (κ2) is 3.06. The van der Waals surface area contributed by atoms with Crippen LogP contribution in [0.25, 0.3) is 0 Å². The van der Waals surface area contributed by atoms with Gasteiger partial charge in [-0.1, -0.05) is 0 Å². The first kappa shape index (κ1) is 9.49. The van der Waals surface area contributed by atoms with Crippen molar-refractivity contribution in [3.8, 4) is 0 Å². The standard InChI is InChI=1S/C7H17BP/c1-6(2)9(5,8)7(3)4/h6-7H,1-5H3/q+1. The predicted molar refractivity (Wildman–Crippen MR) is 48.9 cm³/mol. The van der Waals surface area contributed by atoms with Gasteiger partial charge in [0, 0.05) is 18.0 Å². The molecule has 0 aliphatic carbocycles. The predicted octanol–water partition coefficient (Wildman–Crippen LogP) is 2.53. The molecule has 0 saturated carbocycles. The molecule has 0 saturated heterocycles. The average Bonchev–Trinajstić information content (AvgIpc) is 1.65. The lowest BCUT2D eigenvalue weighted by molar-refractivity contribution is 1.01. The van der Waals surface area contributed by atoms with Crippen LogP contribution in [-0.4, -0.2) is 25.5 Å². The lowest BCUT2D eigenvalue weighted by atomic mass is 10.5. The van der Waals surface area contributed by atoms with Gasteiger partial charge in [0.25, 0.3) is 0 Å². The SMILES string of the molecule is [B][P+](C)(C(C)C)C(C)C. The van der Waals surface area contributed by atoms with Crippen molar-refractivity contribution in [2.45, 2.75) is 39.0 Å². The third kappa shape index (κ3) is 2.30. The molecular weight excluding hydrogens is 126 g/mol. The van der Waals surface area contributed by atoms with Crippen molar-refractivity contribution >= 4 is 14.7 Å². The molecule has 52 valence electrons. The molecule has 2 heteroatoms. The van der Waals surface area contributed by atoms with E-state index in [4.69, 9.17) is 7.57 Å². The molecule has 0 fully saturated rings. The van der Waals surface area contributed by atoms with Gasteiger partial charge in [0.2, 0.25) is 0 Å². The van der Waals surface area contributed by atoms with E-state index >= 15 is 0 Å². The molecule has 0 aliphatic heterocycles. The number of hydrogen-bond acceptors (Lipinski definition) is 0. The van der Waals surface area contributed by atoms with Gasteiger partial charge in [-0.05, 0) is 34.8 Å². The van der Waals surface area contributed by atoms with Gasteiger partial charge in [0.15, 0.2) is 0 Å². The summed E-state index contributed by atoms with van der Waals surface area (Å²) >= 11 is 0. The fourth-order valence-electron chi connectivity index (χ4n) is 0.596. The quantitative estimate of drug-likeness (QED) is 0.411. The van der Waals surface area contributed by atoms with Crippen LogP contribution in [0.1, 0.15) is 27.7 Å². The topological polar surface area (TPSA) is 0 Å². The number of hydrogen-bond donors (Lipinski definition) is 0. The minimum atomic E-state index is -1.09. The molecule has 0 amide bonds. The van der Waals surface area contributed by atoms with Crippen LogP contribution in [0, 0.1) is 0 Å². The van der Waals surface area contributed by atoms with E-state index in [9.17, 15) is 0 Å². The Bertz CT molecular complexity index is 76.9. The van der Waals surface area contributed by atoms with Crippen LogP contribution in [-0.2, 0) is 0 Å². The zero-order chi connectivity index (χ0) is 7.65. The van der Waals surface area contributed by atoms with Crippen molar-refractivity contribution < 1.29 is 0 Å². The number of rotatable bonds is 2. The van der Waals surface area contributed by atoms with Crippen molar-refractivity contribution in [2.75, 3.05) is 6.66 Å². The van der Waals surface area contributed by atoms with E-state index in [-0.39, 0.29) is 0 Å². The summed E-state index contributed by atoms with van der Waals surface area (Å²) in [6, 6.07) is 0. The molecule has 0 aromatic rings. The molecule has 0 nitrogen and oxygen atoms in total. The zero-order valence-corrected chi connectivity index (χ0v) is 8.07. The zero-order valence-electron chi connectivity index (χ0n) is 7.18. The maximum absolute atomic E-state index is 6.11. The normalized spacial score (nSPS) is 13.2. The first-order valence-corrected chi connectivity index (χ1v) is 5.97. The van der Waals surface area contributed by atoms with Crippen LogP contribution in [0.2, 0.25) is 0 Å². The Morgan fingerprint density at radius 3 is 1.22 bits per heavy atom. The second-order valence-corrected chi connectivity index (χ2v) is 7.92. The summed E-state index contributed by atoms with van der Waals surface area (Å²) in [5.41, 5.74) is 1.36. The van der Waals surface area contributed by atoms with Crippen LogP contribution in [0.3, 0.4) is 0 Å². The van der Waals surface area contributed by atoms with Crippen molar-refractivity contribution in [1.82, 2.24) is 0 Å². The summed E-state index contributed by atoms with van der Waals surface area (Å²) in [5, 5.41) is 0. The van der Waals surface area contributed by atoms with Gasteiger partial charge in [-0.25, -0.2) is 0 Å². The van der Waals surface area contributed by atoms with Crippen LogP contribution >= 0.6 is 7.14 Å². The molecule has 0 N–H and O–H groups in total. The lowest BCUT2D eigenvalue weighted by Gasteiger charge is -2.26. The van der Waals surface area contributed by atoms with Gasteiger partial charge < -0.3 is 0 Å². The van der Waals surface area contributed by atoms with Gasteiger partial charge in [-0.15, -0.1) is 0 Å². The van der Waals surface area contributed by atoms with E-state index < -0.39 is 7.14 Å². The van der Waals surface area contributed by atoms with Gasteiger partial charge in [-0.2, -0.15) is 0 Å². The monoisotopic (exact) mass is 143 g/mol. The first-order valence-electron chi connectivity index (χ1n) is 3.53. The van der Waals surface area contributed by atoms with Crippen molar-refractivity contribution in [1.29, 1.82) is 0 Å². The highest BCUT2D eigenvalue weighted by Crippen LogP contribution is 2.58. The maximum Gasteiger partial charge on any atom is 0.365 e. The Morgan fingerprint density at radius 2 is 1.22 bits per heavy atom. The van der Waals surface area contributed by atoms with E-state index in [1.54, 1.807) is 0 Å². The minimum Gasteiger partial charge on any atom is -0.0383 e. The smallest absolute Gasteiger partial charge is 0.0383 e. The summed E-state index contributed by atoms with van der Waals surface area (Å²) in [4.78, 5) is 0. The first-order chi connectivity index (χ1) is 3.89. The summed E-state index contributed by atoms with van der Waals surface area (Å²) < 4.78 is 0. The summed E-state index contributed by atoms with van der Waals surface area (Å²) in [7, 11) is 5.03. The van der Waals surface area contributed by atoms with Crippen LogP contribution in [0.4, 0.5) is 0 Å². The summed E-state index contributed by atoms with van der Waals surface area (Å²) in [6.07, 6.45) is 0. The van der Waals surface area contributed by atoms with Crippen LogP contribution in [0.15, 0.2) is 0 Å². The highest BCUT2D eigenvalue weighted by molar-refractivity contribution is 7.97. The Kier molecular flexibility index (Phi) is 3.22. The van der Waals surface area contributed by atoms with Crippen molar-refractivity contribution in [3.63, 3.8) is 0 Å². The van der Waals surface area contributed by atoms with Crippen molar-refractivity contribution in [3.05, 3.63) is 0 Å². The molecule has 0 aromatic carbocycles. The third-order valence-corrected chi connectivity index (χ3v) is 6.68. The minimum absolute atomic E-state index is 0.678. The lowest BCUT2D eigenvalue weighted by Crippen LogP contribution is -2.13. The van der Waals surface area contributed by atoms with Crippen molar-refractivity contribution in [2.24, 2.45) is 0 Å². The van der Waals surface area contributed by atoms with Gasteiger partial charge in [-0.3, -0.25) is 0 Å². The molecule has 0 rings (SSSR count). The Hall–Kier alpha value is 0.495. The summed E-state index contributed by atoms with van der Waals surface area (Å²) in [6.45, 7) is 11.1.